The average molecular weight is 325 g/mol. The van der Waals surface area contributed by atoms with Gasteiger partial charge in [-0.05, 0) is 44.2 Å². The summed E-state index contributed by atoms with van der Waals surface area (Å²) >= 11 is 0. The third-order valence-electron chi connectivity index (χ3n) is 6.12. The highest BCUT2D eigenvalue weighted by Gasteiger charge is 2.33. The lowest BCUT2D eigenvalue weighted by molar-refractivity contribution is 0.0412. The largest absolute Gasteiger partial charge is 0.395 e. The number of likely N-dealkylation sites (tertiary alicyclic amines) is 1. The molecular weight excluding hydrogens is 288 g/mol. The summed E-state index contributed by atoms with van der Waals surface area (Å²) in [6.07, 6.45) is 4.12. The van der Waals surface area contributed by atoms with E-state index in [0.717, 1.165) is 37.5 Å². The second-order valence-corrected chi connectivity index (χ2v) is 7.93. The molecule has 5 heteroatoms. The molecule has 5 nitrogen and oxygen atoms in total. The molecule has 0 spiro atoms. The molecular formula is C18H36N4O. The summed E-state index contributed by atoms with van der Waals surface area (Å²) in [7, 11) is 0. The zero-order chi connectivity index (χ0) is 16.1. The Balaban J connectivity index is 1.51. The number of hydrogen-bond acceptors (Lipinski definition) is 5. The van der Waals surface area contributed by atoms with Gasteiger partial charge in [0, 0.05) is 58.4 Å². The number of nitrogens with zero attached hydrogens (tertiary/aromatic N) is 3. The van der Waals surface area contributed by atoms with Crippen LogP contribution in [0.4, 0.5) is 0 Å². The van der Waals surface area contributed by atoms with E-state index in [9.17, 15) is 0 Å². The molecule has 0 aliphatic carbocycles. The van der Waals surface area contributed by atoms with Gasteiger partial charge in [0.15, 0.2) is 0 Å². The van der Waals surface area contributed by atoms with Crippen LogP contribution in [-0.4, -0.2) is 97.9 Å². The number of hydrogen-bond donors (Lipinski definition) is 2. The van der Waals surface area contributed by atoms with Crippen molar-refractivity contribution in [3.8, 4) is 0 Å². The summed E-state index contributed by atoms with van der Waals surface area (Å²) < 4.78 is 0. The maximum Gasteiger partial charge on any atom is 0.0558 e. The Morgan fingerprint density at radius 2 is 1.83 bits per heavy atom. The smallest absolute Gasteiger partial charge is 0.0558 e. The minimum absolute atomic E-state index is 0.295. The third kappa shape index (κ3) is 4.89. The van der Waals surface area contributed by atoms with Gasteiger partial charge in [-0.1, -0.05) is 6.92 Å². The second kappa shape index (κ2) is 8.77. The van der Waals surface area contributed by atoms with Gasteiger partial charge in [-0.2, -0.15) is 0 Å². The zero-order valence-corrected chi connectivity index (χ0v) is 14.9. The molecule has 0 aromatic carbocycles. The van der Waals surface area contributed by atoms with Crippen LogP contribution in [0, 0.1) is 11.8 Å². The van der Waals surface area contributed by atoms with Crippen LogP contribution in [0.5, 0.6) is 0 Å². The van der Waals surface area contributed by atoms with Crippen LogP contribution in [0.3, 0.4) is 0 Å². The van der Waals surface area contributed by atoms with E-state index in [4.69, 9.17) is 5.11 Å². The Hall–Kier alpha value is -0.200. The van der Waals surface area contributed by atoms with Gasteiger partial charge in [0.25, 0.3) is 0 Å². The fourth-order valence-electron chi connectivity index (χ4n) is 4.73. The monoisotopic (exact) mass is 324 g/mol. The van der Waals surface area contributed by atoms with Crippen LogP contribution in [0.25, 0.3) is 0 Å². The van der Waals surface area contributed by atoms with Crippen molar-refractivity contribution in [1.29, 1.82) is 0 Å². The number of aliphatic hydroxyl groups excluding tert-OH is 1. The first kappa shape index (κ1) is 17.6. The summed E-state index contributed by atoms with van der Waals surface area (Å²) in [5, 5.41) is 12.7. The topological polar surface area (TPSA) is 42.0 Å². The van der Waals surface area contributed by atoms with Crippen molar-refractivity contribution < 1.29 is 5.11 Å². The lowest BCUT2D eigenvalue weighted by Gasteiger charge is -2.45. The molecule has 3 aliphatic heterocycles. The normalized spacial score (nSPS) is 35.5. The summed E-state index contributed by atoms with van der Waals surface area (Å²) in [5.41, 5.74) is 0. The molecule has 0 saturated carbocycles. The Bertz CT molecular complexity index is 346. The van der Waals surface area contributed by atoms with Gasteiger partial charge in [0.05, 0.1) is 6.61 Å². The van der Waals surface area contributed by atoms with Crippen LogP contribution < -0.4 is 5.32 Å². The molecule has 23 heavy (non-hydrogen) atoms. The van der Waals surface area contributed by atoms with Gasteiger partial charge in [-0.15, -0.1) is 0 Å². The number of nitrogens with one attached hydrogen (secondary N) is 1. The number of piperazine rings is 1. The summed E-state index contributed by atoms with van der Waals surface area (Å²) in [6, 6.07) is 0.738. The number of rotatable bonds is 5. The van der Waals surface area contributed by atoms with E-state index in [-0.39, 0.29) is 0 Å². The van der Waals surface area contributed by atoms with Crippen molar-refractivity contribution in [2.24, 2.45) is 11.8 Å². The van der Waals surface area contributed by atoms with Crippen molar-refractivity contribution in [2.45, 2.75) is 32.2 Å². The standard InChI is InChI=1S/C18H36N4O/c1-16-3-2-6-22(14-16)18-13-19-5-4-17(18)15-21-9-7-20(8-10-21)11-12-23/h16-19,23H,2-15H2,1H3. The van der Waals surface area contributed by atoms with E-state index in [1.54, 1.807) is 0 Å². The molecule has 3 saturated heterocycles. The SMILES string of the molecule is CC1CCCN(C2CNCCC2CN2CCN(CCO)CC2)C1. The van der Waals surface area contributed by atoms with Crippen LogP contribution in [-0.2, 0) is 0 Å². The van der Waals surface area contributed by atoms with Crippen molar-refractivity contribution in [3.05, 3.63) is 0 Å². The van der Waals surface area contributed by atoms with Gasteiger partial charge < -0.3 is 15.3 Å². The summed E-state index contributed by atoms with van der Waals surface area (Å²) in [6.45, 7) is 14.4. The minimum atomic E-state index is 0.295. The highest BCUT2D eigenvalue weighted by Crippen LogP contribution is 2.25. The average Bonchev–Trinajstić information content (AvgIpc) is 2.57. The van der Waals surface area contributed by atoms with Gasteiger partial charge in [-0.3, -0.25) is 9.80 Å². The Morgan fingerprint density at radius 3 is 2.57 bits per heavy atom. The molecule has 2 N–H and O–H groups in total. The first-order valence-corrected chi connectivity index (χ1v) is 9.76. The molecule has 3 aliphatic rings. The zero-order valence-electron chi connectivity index (χ0n) is 14.9. The summed E-state index contributed by atoms with van der Waals surface area (Å²) in [5.74, 6) is 1.69. The van der Waals surface area contributed by atoms with E-state index in [1.165, 1.54) is 65.1 Å². The molecule has 0 bridgehead atoms. The van der Waals surface area contributed by atoms with Gasteiger partial charge in [0.1, 0.15) is 0 Å². The number of β-amino-alcohol motifs (C(OH)–C–C–N with tert-alkyl or cyclic N) is 1. The molecule has 3 unspecified atom stereocenters. The van der Waals surface area contributed by atoms with Gasteiger partial charge >= 0.3 is 0 Å². The Labute approximate surface area is 142 Å². The van der Waals surface area contributed by atoms with Gasteiger partial charge in [0.2, 0.25) is 0 Å². The number of piperidine rings is 2. The molecule has 3 fully saturated rings. The highest BCUT2D eigenvalue weighted by atomic mass is 16.3. The minimum Gasteiger partial charge on any atom is -0.395 e. The first-order chi connectivity index (χ1) is 11.3. The van der Waals surface area contributed by atoms with Crippen molar-refractivity contribution in [1.82, 2.24) is 20.0 Å². The van der Waals surface area contributed by atoms with Crippen molar-refractivity contribution >= 4 is 0 Å². The lowest BCUT2D eigenvalue weighted by atomic mass is 9.88. The van der Waals surface area contributed by atoms with Crippen molar-refractivity contribution in [2.75, 3.05) is 72.1 Å². The van der Waals surface area contributed by atoms with Crippen molar-refractivity contribution in [3.63, 3.8) is 0 Å². The Morgan fingerprint density at radius 1 is 1.04 bits per heavy atom. The maximum absolute atomic E-state index is 9.08. The fraction of sp³-hybridized carbons (Fsp3) is 1.00. The van der Waals surface area contributed by atoms with Crippen LogP contribution in [0.2, 0.25) is 0 Å². The lowest BCUT2D eigenvalue weighted by Crippen LogP contribution is -2.57. The maximum atomic E-state index is 9.08. The second-order valence-electron chi connectivity index (χ2n) is 7.93. The quantitative estimate of drug-likeness (QED) is 0.762. The third-order valence-corrected chi connectivity index (χ3v) is 6.12. The molecule has 0 radical (unpaired) electrons. The van der Waals surface area contributed by atoms with E-state index < -0.39 is 0 Å². The van der Waals surface area contributed by atoms with Crippen LogP contribution in [0.15, 0.2) is 0 Å². The fourth-order valence-corrected chi connectivity index (χ4v) is 4.73. The van der Waals surface area contributed by atoms with Gasteiger partial charge in [-0.25, -0.2) is 0 Å². The van der Waals surface area contributed by atoms with E-state index >= 15 is 0 Å². The molecule has 0 amide bonds. The predicted octanol–water partition coefficient (Wildman–Crippen LogP) is 0.306. The Kier molecular flexibility index (Phi) is 6.72. The van der Waals surface area contributed by atoms with E-state index in [2.05, 4.69) is 26.9 Å². The first-order valence-electron chi connectivity index (χ1n) is 9.76. The van der Waals surface area contributed by atoms with E-state index in [1.807, 2.05) is 0 Å². The summed E-state index contributed by atoms with van der Waals surface area (Å²) in [4.78, 5) is 7.85. The molecule has 3 heterocycles. The predicted molar refractivity (Wildman–Crippen MR) is 94.7 cm³/mol. The molecule has 0 aromatic heterocycles. The number of aliphatic hydroxyl groups is 1. The van der Waals surface area contributed by atoms with Crippen LogP contribution >= 0.6 is 0 Å². The van der Waals surface area contributed by atoms with E-state index in [0.29, 0.717) is 6.61 Å². The molecule has 0 aromatic rings. The highest BCUT2D eigenvalue weighted by molar-refractivity contribution is 4.90. The molecule has 3 atom stereocenters. The van der Waals surface area contributed by atoms with Crippen LogP contribution in [0.1, 0.15) is 26.2 Å². The molecule has 3 rings (SSSR count). The molecule has 134 valence electrons.